The smallest absolute Gasteiger partial charge is 0.164 e. The van der Waals surface area contributed by atoms with Gasteiger partial charge in [-0.1, -0.05) is 6.07 Å². The number of benzene rings is 1. The van der Waals surface area contributed by atoms with E-state index in [1.54, 1.807) is 6.07 Å². The minimum Gasteiger partial charge on any atom is -0.389 e. The Morgan fingerprint density at radius 3 is 2.88 bits per heavy atom. The molecule has 0 saturated heterocycles. The summed E-state index contributed by atoms with van der Waals surface area (Å²) in [4.78, 5) is 11.3. The molecule has 1 aromatic carbocycles. The van der Waals surface area contributed by atoms with Gasteiger partial charge in [-0.25, -0.2) is 4.39 Å². The molecule has 0 aliphatic heterocycles. The van der Waals surface area contributed by atoms with E-state index >= 15 is 0 Å². The van der Waals surface area contributed by atoms with Crippen LogP contribution in [-0.2, 0) is 4.74 Å². The molecule has 0 saturated carbocycles. The van der Waals surface area contributed by atoms with Gasteiger partial charge in [0.25, 0.3) is 0 Å². The van der Waals surface area contributed by atoms with Crippen LogP contribution in [0.3, 0.4) is 0 Å². The predicted octanol–water partition coefficient (Wildman–Crippen LogP) is 1.45. The number of methoxy groups -OCH3 is 1. The number of hydrogen-bond acceptors (Lipinski definition) is 4. The van der Waals surface area contributed by atoms with E-state index in [-0.39, 0.29) is 24.5 Å². The molecule has 0 fully saturated rings. The van der Waals surface area contributed by atoms with E-state index in [2.05, 4.69) is 5.32 Å². The maximum absolute atomic E-state index is 13.4. The summed E-state index contributed by atoms with van der Waals surface area (Å²) in [6.07, 6.45) is -0.705. The highest BCUT2D eigenvalue weighted by Gasteiger charge is 2.13. The summed E-state index contributed by atoms with van der Waals surface area (Å²) < 4.78 is 18.2. The summed E-state index contributed by atoms with van der Waals surface area (Å²) in [6, 6.07) is 4.33. The third-order valence-corrected chi connectivity index (χ3v) is 2.25. The van der Waals surface area contributed by atoms with Crippen LogP contribution in [0.4, 0.5) is 10.1 Å². The van der Waals surface area contributed by atoms with Gasteiger partial charge in [-0.15, -0.1) is 0 Å². The molecule has 0 bridgehead atoms. The average molecular weight is 241 g/mol. The van der Waals surface area contributed by atoms with Crippen molar-refractivity contribution in [2.45, 2.75) is 13.0 Å². The fourth-order valence-electron chi connectivity index (χ4n) is 1.51. The van der Waals surface area contributed by atoms with Gasteiger partial charge in [0.15, 0.2) is 5.78 Å². The van der Waals surface area contributed by atoms with E-state index in [0.29, 0.717) is 5.69 Å². The number of halogens is 1. The Kier molecular flexibility index (Phi) is 5.06. The van der Waals surface area contributed by atoms with Gasteiger partial charge in [-0.2, -0.15) is 0 Å². The Hall–Kier alpha value is -1.46. The van der Waals surface area contributed by atoms with Crippen molar-refractivity contribution in [1.29, 1.82) is 0 Å². The number of ether oxygens (including phenoxy) is 1. The fourth-order valence-corrected chi connectivity index (χ4v) is 1.51. The average Bonchev–Trinajstić information content (AvgIpc) is 2.26. The Balaban J connectivity index is 2.77. The molecule has 0 heterocycles. The number of nitrogens with one attached hydrogen (secondary N) is 1. The number of rotatable bonds is 6. The molecule has 0 radical (unpaired) electrons. The van der Waals surface area contributed by atoms with Crippen molar-refractivity contribution in [3.05, 3.63) is 29.6 Å². The third kappa shape index (κ3) is 3.80. The molecule has 4 nitrogen and oxygen atoms in total. The monoisotopic (exact) mass is 241 g/mol. The Bertz CT molecular complexity index is 395. The minimum absolute atomic E-state index is 0.0112. The zero-order valence-electron chi connectivity index (χ0n) is 9.87. The third-order valence-electron chi connectivity index (χ3n) is 2.25. The van der Waals surface area contributed by atoms with Crippen molar-refractivity contribution in [2.75, 3.05) is 25.6 Å². The van der Waals surface area contributed by atoms with Crippen LogP contribution < -0.4 is 5.32 Å². The molecule has 0 unspecified atom stereocenters. The topological polar surface area (TPSA) is 58.6 Å². The van der Waals surface area contributed by atoms with Crippen LogP contribution in [-0.4, -0.2) is 37.3 Å². The fraction of sp³-hybridized carbons (Fsp3) is 0.417. The molecule has 1 aromatic rings. The molecule has 0 spiro atoms. The number of Topliss-reactive ketones (excluding diaryl/α,β-unsaturated/α-hetero) is 1. The first kappa shape index (κ1) is 13.6. The van der Waals surface area contributed by atoms with E-state index in [0.717, 1.165) is 0 Å². The van der Waals surface area contributed by atoms with Crippen LogP contribution in [0.2, 0.25) is 0 Å². The largest absolute Gasteiger partial charge is 0.389 e. The zero-order chi connectivity index (χ0) is 12.8. The lowest BCUT2D eigenvalue weighted by Gasteiger charge is -2.14. The summed E-state index contributed by atoms with van der Waals surface area (Å²) >= 11 is 0. The number of ketones is 1. The molecule has 1 rings (SSSR count). The minimum atomic E-state index is -0.705. The molecule has 0 aliphatic carbocycles. The van der Waals surface area contributed by atoms with Gasteiger partial charge < -0.3 is 15.2 Å². The van der Waals surface area contributed by atoms with Crippen molar-refractivity contribution in [3.8, 4) is 0 Å². The normalized spacial score (nSPS) is 12.2. The first-order valence-electron chi connectivity index (χ1n) is 5.26. The maximum atomic E-state index is 13.4. The van der Waals surface area contributed by atoms with E-state index in [1.807, 2.05) is 0 Å². The molecule has 5 heteroatoms. The van der Waals surface area contributed by atoms with Gasteiger partial charge in [0.05, 0.1) is 18.3 Å². The quantitative estimate of drug-likeness (QED) is 0.740. The lowest BCUT2D eigenvalue weighted by atomic mass is 10.1. The van der Waals surface area contributed by atoms with Crippen molar-refractivity contribution in [2.24, 2.45) is 0 Å². The van der Waals surface area contributed by atoms with Crippen molar-refractivity contribution >= 4 is 11.5 Å². The number of carbonyl (C=O) groups is 1. The number of aliphatic hydroxyl groups is 1. The van der Waals surface area contributed by atoms with Crippen LogP contribution >= 0.6 is 0 Å². The highest BCUT2D eigenvalue weighted by Crippen LogP contribution is 2.19. The SMILES string of the molecule is COC[C@H](O)CNc1cccc(F)c1C(C)=O. The molecule has 0 aromatic heterocycles. The van der Waals surface area contributed by atoms with Crippen LogP contribution in [0.5, 0.6) is 0 Å². The van der Waals surface area contributed by atoms with Gasteiger partial charge in [0, 0.05) is 19.3 Å². The van der Waals surface area contributed by atoms with Crippen molar-refractivity contribution in [1.82, 2.24) is 0 Å². The van der Waals surface area contributed by atoms with Crippen molar-refractivity contribution < 1.29 is 19.0 Å². The first-order chi connectivity index (χ1) is 8.06. The van der Waals surface area contributed by atoms with Crippen molar-refractivity contribution in [3.63, 3.8) is 0 Å². The second kappa shape index (κ2) is 6.32. The van der Waals surface area contributed by atoms with Gasteiger partial charge in [0.2, 0.25) is 0 Å². The van der Waals surface area contributed by atoms with E-state index < -0.39 is 11.9 Å². The highest BCUT2D eigenvalue weighted by atomic mass is 19.1. The number of carbonyl (C=O) groups excluding carboxylic acids is 1. The summed E-state index contributed by atoms with van der Waals surface area (Å²) in [7, 11) is 1.48. The standard InChI is InChI=1S/C12H16FNO3/c1-8(15)12-10(13)4-3-5-11(12)14-6-9(16)7-17-2/h3-5,9,14,16H,6-7H2,1-2H3/t9-/m1/s1. The number of hydrogen-bond donors (Lipinski definition) is 2. The summed E-state index contributed by atoms with van der Waals surface area (Å²) in [5.41, 5.74) is 0.393. The van der Waals surface area contributed by atoms with E-state index in [4.69, 9.17) is 4.74 Å². The van der Waals surface area contributed by atoms with E-state index in [1.165, 1.54) is 26.2 Å². The first-order valence-corrected chi connectivity index (χ1v) is 5.26. The van der Waals surface area contributed by atoms with E-state index in [9.17, 15) is 14.3 Å². The summed E-state index contributed by atoms with van der Waals surface area (Å²) in [5.74, 6) is -0.921. The van der Waals surface area contributed by atoms with Gasteiger partial charge in [0.1, 0.15) is 5.82 Å². The number of aliphatic hydroxyl groups excluding tert-OH is 1. The Morgan fingerprint density at radius 1 is 1.59 bits per heavy atom. The maximum Gasteiger partial charge on any atom is 0.164 e. The lowest BCUT2D eigenvalue weighted by molar-refractivity contribution is 0.0727. The highest BCUT2D eigenvalue weighted by molar-refractivity contribution is 5.99. The number of anilines is 1. The second-order valence-electron chi connectivity index (χ2n) is 3.71. The zero-order valence-corrected chi connectivity index (χ0v) is 9.87. The molecular formula is C12H16FNO3. The molecule has 0 aliphatic rings. The Labute approximate surface area is 99.4 Å². The van der Waals surface area contributed by atoms with Crippen LogP contribution in [0, 0.1) is 5.82 Å². The summed E-state index contributed by atoms with van der Waals surface area (Å²) in [5, 5.41) is 12.3. The lowest BCUT2D eigenvalue weighted by Crippen LogP contribution is -2.24. The van der Waals surface area contributed by atoms with Crippen LogP contribution in [0.25, 0.3) is 0 Å². The second-order valence-corrected chi connectivity index (χ2v) is 3.71. The summed E-state index contributed by atoms with van der Waals surface area (Å²) in [6.45, 7) is 1.67. The van der Waals surface area contributed by atoms with Crippen LogP contribution in [0.15, 0.2) is 18.2 Å². The molecular weight excluding hydrogens is 225 g/mol. The molecule has 17 heavy (non-hydrogen) atoms. The molecule has 2 N–H and O–H groups in total. The van der Waals surface area contributed by atoms with Gasteiger partial charge in [-0.05, 0) is 19.1 Å². The molecule has 0 amide bonds. The van der Waals surface area contributed by atoms with Gasteiger partial charge >= 0.3 is 0 Å². The van der Waals surface area contributed by atoms with Gasteiger partial charge in [-0.3, -0.25) is 4.79 Å². The molecule has 94 valence electrons. The molecule has 1 atom stereocenters. The predicted molar refractivity (Wildman–Crippen MR) is 62.8 cm³/mol. The Morgan fingerprint density at radius 2 is 2.29 bits per heavy atom. The van der Waals surface area contributed by atoms with Crippen LogP contribution in [0.1, 0.15) is 17.3 Å².